The molecule has 6 heteroatoms. The number of fused-ring (bicyclic) bond motifs is 2. The third-order valence-corrected chi connectivity index (χ3v) is 4.50. The molecule has 2 amide bonds. The molecule has 1 unspecified atom stereocenters. The van der Waals surface area contributed by atoms with Gasteiger partial charge in [0.05, 0.1) is 6.04 Å². The van der Waals surface area contributed by atoms with Gasteiger partial charge in [0.2, 0.25) is 0 Å². The van der Waals surface area contributed by atoms with Crippen molar-refractivity contribution in [1.29, 1.82) is 0 Å². The number of amides is 2. The Bertz CT molecular complexity index is 935. The first-order valence-corrected chi connectivity index (χ1v) is 8.77. The minimum Gasteiger partial charge on any atom is -0.486 e. The summed E-state index contributed by atoms with van der Waals surface area (Å²) in [6.45, 7) is 3.14. The van der Waals surface area contributed by atoms with Crippen LogP contribution in [0.25, 0.3) is 10.9 Å². The molecule has 3 N–H and O–H groups in total. The van der Waals surface area contributed by atoms with Crippen molar-refractivity contribution in [3.63, 3.8) is 0 Å². The largest absolute Gasteiger partial charge is 0.486 e. The van der Waals surface area contributed by atoms with Crippen molar-refractivity contribution >= 4 is 22.6 Å². The molecule has 2 aromatic carbocycles. The smallest absolute Gasteiger partial charge is 0.319 e. The summed E-state index contributed by atoms with van der Waals surface area (Å²) >= 11 is 0. The average Bonchev–Trinajstić information content (AvgIpc) is 3.13. The van der Waals surface area contributed by atoms with Crippen molar-refractivity contribution in [2.75, 3.05) is 18.5 Å². The molecule has 0 saturated carbocycles. The Morgan fingerprint density at radius 3 is 2.81 bits per heavy atom. The summed E-state index contributed by atoms with van der Waals surface area (Å²) in [6, 6.07) is 13.2. The summed E-state index contributed by atoms with van der Waals surface area (Å²) < 4.78 is 11.2. The number of benzene rings is 2. The maximum Gasteiger partial charge on any atom is 0.319 e. The molecule has 2 heterocycles. The van der Waals surface area contributed by atoms with E-state index < -0.39 is 0 Å². The Hall–Kier alpha value is -3.15. The van der Waals surface area contributed by atoms with E-state index in [1.165, 1.54) is 0 Å². The van der Waals surface area contributed by atoms with Crippen molar-refractivity contribution in [2.24, 2.45) is 0 Å². The van der Waals surface area contributed by atoms with Crippen LogP contribution in [0.2, 0.25) is 0 Å². The molecule has 0 aliphatic carbocycles. The highest BCUT2D eigenvalue weighted by molar-refractivity contribution is 5.92. The van der Waals surface area contributed by atoms with Crippen LogP contribution >= 0.6 is 0 Å². The van der Waals surface area contributed by atoms with Crippen molar-refractivity contribution in [1.82, 2.24) is 10.3 Å². The highest BCUT2D eigenvalue weighted by Gasteiger charge is 2.17. The first kappa shape index (κ1) is 16.3. The number of hydrogen-bond donors (Lipinski definition) is 3. The predicted molar refractivity (Wildman–Crippen MR) is 101 cm³/mol. The second kappa shape index (κ2) is 7.00. The van der Waals surface area contributed by atoms with Gasteiger partial charge in [0.15, 0.2) is 11.5 Å². The Labute approximate surface area is 151 Å². The average molecular weight is 351 g/mol. The van der Waals surface area contributed by atoms with Gasteiger partial charge in [0.25, 0.3) is 0 Å². The third kappa shape index (κ3) is 3.31. The Morgan fingerprint density at radius 1 is 1.12 bits per heavy atom. The van der Waals surface area contributed by atoms with E-state index in [9.17, 15) is 4.79 Å². The molecule has 0 bridgehead atoms. The van der Waals surface area contributed by atoms with Crippen LogP contribution in [0.5, 0.6) is 11.5 Å². The summed E-state index contributed by atoms with van der Waals surface area (Å²) in [5, 5.41) is 7.03. The SMILES string of the molecule is CCC(NC(=O)Nc1ccc2cc[nH]c2c1)c1ccc2c(c1)OCCO2. The number of carbonyl (C=O) groups is 1. The molecule has 1 atom stereocenters. The predicted octanol–water partition coefficient (Wildman–Crippen LogP) is 4.21. The summed E-state index contributed by atoms with van der Waals surface area (Å²) in [5.41, 5.74) is 2.72. The monoisotopic (exact) mass is 351 g/mol. The van der Waals surface area contributed by atoms with Crippen LogP contribution in [0.3, 0.4) is 0 Å². The van der Waals surface area contributed by atoms with Gasteiger partial charge in [0.1, 0.15) is 13.2 Å². The first-order valence-electron chi connectivity index (χ1n) is 8.77. The number of rotatable bonds is 4. The van der Waals surface area contributed by atoms with Gasteiger partial charge in [-0.15, -0.1) is 0 Å². The minimum absolute atomic E-state index is 0.111. The minimum atomic E-state index is -0.238. The first-order chi connectivity index (χ1) is 12.7. The van der Waals surface area contributed by atoms with E-state index in [-0.39, 0.29) is 12.1 Å². The molecule has 1 aliphatic heterocycles. The van der Waals surface area contributed by atoms with E-state index in [0.29, 0.717) is 13.2 Å². The van der Waals surface area contributed by atoms with Gasteiger partial charge in [-0.2, -0.15) is 0 Å². The number of H-pyrrole nitrogens is 1. The fraction of sp³-hybridized carbons (Fsp3) is 0.250. The fourth-order valence-electron chi connectivity index (χ4n) is 3.15. The van der Waals surface area contributed by atoms with Crippen LogP contribution < -0.4 is 20.1 Å². The molecule has 4 rings (SSSR count). The van der Waals surface area contributed by atoms with Crippen LogP contribution in [0.15, 0.2) is 48.7 Å². The second-order valence-corrected chi connectivity index (χ2v) is 6.24. The lowest BCUT2D eigenvalue weighted by atomic mass is 10.0. The molecule has 1 aromatic heterocycles. The molecular formula is C20H21N3O3. The molecule has 0 spiro atoms. The number of carbonyl (C=O) groups excluding carboxylic acids is 1. The van der Waals surface area contributed by atoms with E-state index in [2.05, 4.69) is 15.6 Å². The molecule has 0 radical (unpaired) electrons. The number of aromatic nitrogens is 1. The highest BCUT2D eigenvalue weighted by Crippen LogP contribution is 2.33. The van der Waals surface area contributed by atoms with E-state index in [1.807, 2.05) is 55.6 Å². The zero-order valence-electron chi connectivity index (χ0n) is 14.5. The number of aromatic amines is 1. The van der Waals surface area contributed by atoms with E-state index in [1.54, 1.807) is 0 Å². The van der Waals surface area contributed by atoms with Gasteiger partial charge in [0, 0.05) is 17.4 Å². The maximum absolute atomic E-state index is 12.4. The van der Waals surface area contributed by atoms with E-state index >= 15 is 0 Å². The van der Waals surface area contributed by atoms with E-state index in [4.69, 9.17) is 9.47 Å². The standard InChI is InChI=1S/C20H21N3O3/c1-2-16(14-4-6-18-19(11-14)26-10-9-25-18)23-20(24)22-15-5-3-13-7-8-21-17(13)12-15/h3-8,11-12,16,21H,2,9-10H2,1H3,(H2,22,23,24). The zero-order chi connectivity index (χ0) is 17.9. The lowest BCUT2D eigenvalue weighted by Gasteiger charge is -2.22. The number of ether oxygens (including phenoxy) is 2. The van der Waals surface area contributed by atoms with Crippen molar-refractivity contribution in [3.05, 3.63) is 54.2 Å². The van der Waals surface area contributed by atoms with Crippen LogP contribution in [0.1, 0.15) is 24.9 Å². The normalized spacial score (nSPS) is 14.0. The third-order valence-electron chi connectivity index (χ3n) is 4.50. The highest BCUT2D eigenvalue weighted by atomic mass is 16.6. The molecule has 134 valence electrons. The molecule has 0 saturated heterocycles. The lowest BCUT2D eigenvalue weighted by Crippen LogP contribution is -2.32. The number of urea groups is 1. The molecular weight excluding hydrogens is 330 g/mol. The molecule has 6 nitrogen and oxygen atoms in total. The van der Waals surface area contributed by atoms with Gasteiger partial charge in [-0.1, -0.05) is 19.1 Å². The quantitative estimate of drug-likeness (QED) is 0.659. The van der Waals surface area contributed by atoms with Gasteiger partial charge in [-0.05, 0) is 47.7 Å². The lowest BCUT2D eigenvalue weighted by molar-refractivity contribution is 0.171. The van der Waals surface area contributed by atoms with E-state index in [0.717, 1.165) is 40.1 Å². The molecule has 1 aliphatic rings. The number of nitrogens with one attached hydrogen (secondary N) is 3. The summed E-state index contributed by atoms with van der Waals surface area (Å²) in [6.07, 6.45) is 2.65. The van der Waals surface area contributed by atoms with Crippen LogP contribution in [0.4, 0.5) is 10.5 Å². The summed E-state index contributed by atoms with van der Waals surface area (Å²) in [5.74, 6) is 1.48. The molecule has 26 heavy (non-hydrogen) atoms. The summed E-state index contributed by atoms with van der Waals surface area (Å²) in [7, 11) is 0. The summed E-state index contributed by atoms with van der Waals surface area (Å²) in [4.78, 5) is 15.6. The number of hydrogen-bond acceptors (Lipinski definition) is 3. The second-order valence-electron chi connectivity index (χ2n) is 6.24. The van der Waals surface area contributed by atoms with Crippen LogP contribution in [-0.2, 0) is 0 Å². The maximum atomic E-state index is 12.4. The van der Waals surface area contributed by atoms with Gasteiger partial charge >= 0.3 is 6.03 Å². The Morgan fingerprint density at radius 2 is 1.96 bits per heavy atom. The molecule has 3 aromatic rings. The van der Waals surface area contributed by atoms with Crippen molar-refractivity contribution in [2.45, 2.75) is 19.4 Å². The van der Waals surface area contributed by atoms with Gasteiger partial charge < -0.3 is 25.1 Å². The zero-order valence-corrected chi connectivity index (χ0v) is 14.5. The van der Waals surface area contributed by atoms with Gasteiger partial charge in [-0.3, -0.25) is 0 Å². The Balaban J connectivity index is 1.46. The van der Waals surface area contributed by atoms with Crippen molar-refractivity contribution in [3.8, 4) is 11.5 Å². The van der Waals surface area contributed by atoms with Gasteiger partial charge in [-0.25, -0.2) is 4.79 Å². The van der Waals surface area contributed by atoms with Crippen molar-refractivity contribution < 1.29 is 14.3 Å². The van der Waals surface area contributed by atoms with Crippen LogP contribution in [-0.4, -0.2) is 24.2 Å². The fourth-order valence-corrected chi connectivity index (χ4v) is 3.15. The Kier molecular flexibility index (Phi) is 4.39. The molecule has 0 fully saturated rings. The topological polar surface area (TPSA) is 75.4 Å². The number of anilines is 1. The van der Waals surface area contributed by atoms with Crippen LogP contribution in [0, 0.1) is 0 Å².